The normalized spacial score (nSPS) is 11.1. The minimum Gasteiger partial charge on any atom is -0.494 e. The van der Waals surface area contributed by atoms with E-state index in [0.717, 1.165) is 15.8 Å². The van der Waals surface area contributed by atoms with Crippen LogP contribution in [0.15, 0.2) is 56.9 Å². The minimum atomic E-state index is -0.0565. The van der Waals surface area contributed by atoms with Crippen molar-refractivity contribution in [1.82, 2.24) is 9.55 Å². The van der Waals surface area contributed by atoms with E-state index >= 15 is 0 Å². The highest BCUT2D eigenvalue weighted by atomic mass is 79.9. The maximum Gasteiger partial charge on any atom is 0.262 e. The van der Waals surface area contributed by atoms with Gasteiger partial charge in [-0.3, -0.25) is 9.36 Å². The van der Waals surface area contributed by atoms with Gasteiger partial charge in [0, 0.05) is 22.9 Å². The SMILES string of the molecule is CCOc1ccccc1CSc1nc2ccc(Br)cc2c(=O)n1CCOC. The van der Waals surface area contributed by atoms with Crippen LogP contribution < -0.4 is 10.3 Å². The lowest BCUT2D eigenvalue weighted by Gasteiger charge is -2.14. The molecule has 3 aromatic rings. The standard InChI is InChI=1S/C20H21BrN2O3S/c1-3-26-18-7-5-4-6-14(18)13-27-20-22-17-9-8-15(21)12-16(17)19(24)23(20)10-11-25-2/h4-9,12H,3,10-11,13H2,1-2H3. The first-order chi connectivity index (χ1) is 13.1. The van der Waals surface area contributed by atoms with Crippen LogP contribution in [0.2, 0.25) is 0 Å². The first-order valence-corrected chi connectivity index (χ1v) is 10.4. The van der Waals surface area contributed by atoms with Crippen LogP contribution >= 0.6 is 27.7 Å². The lowest BCUT2D eigenvalue weighted by atomic mass is 10.2. The molecule has 3 rings (SSSR count). The molecular formula is C20H21BrN2O3S. The Morgan fingerprint density at radius 2 is 2.04 bits per heavy atom. The molecule has 0 aliphatic heterocycles. The van der Waals surface area contributed by atoms with Gasteiger partial charge in [0.15, 0.2) is 5.16 Å². The molecule has 2 aromatic carbocycles. The zero-order valence-electron chi connectivity index (χ0n) is 15.3. The number of methoxy groups -OCH3 is 1. The molecule has 0 saturated carbocycles. The van der Waals surface area contributed by atoms with E-state index in [-0.39, 0.29) is 5.56 Å². The van der Waals surface area contributed by atoms with E-state index in [1.54, 1.807) is 11.7 Å². The Labute approximate surface area is 170 Å². The van der Waals surface area contributed by atoms with E-state index in [9.17, 15) is 4.79 Å². The van der Waals surface area contributed by atoms with Crippen LogP contribution in [0, 0.1) is 0 Å². The number of hydrogen-bond acceptors (Lipinski definition) is 5. The molecule has 0 bridgehead atoms. The van der Waals surface area contributed by atoms with E-state index in [4.69, 9.17) is 14.5 Å². The maximum absolute atomic E-state index is 13.0. The topological polar surface area (TPSA) is 53.3 Å². The molecule has 5 nitrogen and oxygen atoms in total. The summed E-state index contributed by atoms with van der Waals surface area (Å²) in [5, 5.41) is 1.28. The van der Waals surface area contributed by atoms with Crippen molar-refractivity contribution >= 4 is 38.6 Å². The quantitative estimate of drug-likeness (QED) is 0.375. The molecule has 0 fully saturated rings. The predicted molar refractivity (Wildman–Crippen MR) is 113 cm³/mol. The molecule has 0 N–H and O–H groups in total. The molecule has 0 saturated heterocycles. The largest absolute Gasteiger partial charge is 0.494 e. The lowest BCUT2D eigenvalue weighted by molar-refractivity contribution is 0.183. The van der Waals surface area contributed by atoms with Crippen LogP contribution in [0.5, 0.6) is 5.75 Å². The number of para-hydroxylation sites is 1. The molecule has 0 radical (unpaired) electrons. The predicted octanol–water partition coefficient (Wildman–Crippen LogP) is 4.50. The average molecular weight is 449 g/mol. The van der Waals surface area contributed by atoms with Crippen LogP contribution in [-0.4, -0.2) is 29.9 Å². The minimum absolute atomic E-state index is 0.0565. The smallest absolute Gasteiger partial charge is 0.262 e. The number of halogens is 1. The summed E-state index contributed by atoms with van der Waals surface area (Å²) in [5.74, 6) is 1.53. The molecule has 27 heavy (non-hydrogen) atoms. The molecule has 0 aliphatic rings. The van der Waals surface area contributed by atoms with Crippen LogP contribution in [-0.2, 0) is 17.0 Å². The van der Waals surface area contributed by atoms with Crippen LogP contribution in [0.4, 0.5) is 0 Å². The Morgan fingerprint density at radius 3 is 2.81 bits per heavy atom. The third kappa shape index (κ3) is 4.72. The van der Waals surface area contributed by atoms with Gasteiger partial charge in [0.1, 0.15) is 5.75 Å². The fraction of sp³-hybridized carbons (Fsp3) is 0.300. The van der Waals surface area contributed by atoms with Gasteiger partial charge < -0.3 is 9.47 Å². The highest BCUT2D eigenvalue weighted by Gasteiger charge is 2.13. The second-order valence-corrected chi connectivity index (χ2v) is 7.69. The molecule has 0 spiro atoms. The van der Waals surface area contributed by atoms with Crippen molar-refractivity contribution in [2.45, 2.75) is 24.4 Å². The van der Waals surface area contributed by atoms with Crippen molar-refractivity contribution in [2.24, 2.45) is 0 Å². The zero-order chi connectivity index (χ0) is 19.2. The third-order valence-electron chi connectivity index (χ3n) is 4.03. The fourth-order valence-corrected chi connectivity index (χ4v) is 4.10. The van der Waals surface area contributed by atoms with Crippen molar-refractivity contribution in [3.63, 3.8) is 0 Å². The van der Waals surface area contributed by atoms with Gasteiger partial charge in [0.05, 0.1) is 30.7 Å². The number of rotatable bonds is 8. The first-order valence-electron chi connectivity index (χ1n) is 8.66. The fourth-order valence-electron chi connectivity index (χ4n) is 2.72. The van der Waals surface area contributed by atoms with Crippen LogP contribution in [0.25, 0.3) is 10.9 Å². The van der Waals surface area contributed by atoms with Gasteiger partial charge in [0.25, 0.3) is 5.56 Å². The van der Waals surface area contributed by atoms with Crippen molar-refractivity contribution in [2.75, 3.05) is 20.3 Å². The lowest BCUT2D eigenvalue weighted by Crippen LogP contribution is -2.25. The number of fused-ring (bicyclic) bond motifs is 1. The Balaban J connectivity index is 1.97. The molecular weight excluding hydrogens is 428 g/mol. The number of ether oxygens (including phenoxy) is 2. The van der Waals surface area contributed by atoms with Crippen molar-refractivity contribution in [3.05, 3.63) is 62.9 Å². The van der Waals surface area contributed by atoms with Gasteiger partial charge in [-0.25, -0.2) is 4.98 Å². The summed E-state index contributed by atoms with van der Waals surface area (Å²) in [4.78, 5) is 17.7. The molecule has 142 valence electrons. The number of thioether (sulfide) groups is 1. The molecule has 1 heterocycles. The maximum atomic E-state index is 13.0. The first kappa shape index (κ1) is 19.9. The van der Waals surface area contributed by atoms with Crippen LogP contribution in [0.1, 0.15) is 12.5 Å². The highest BCUT2D eigenvalue weighted by Crippen LogP contribution is 2.28. The average Bonchev–Trinajstić information content (AvgIpc) is 2.67. The monoisotopic (exact) mass is 448 g/mol. The number of aromatic nitrogens is 2. The summed E-state index contributed by atoms with van der Waals surface area (Å²) in [6.07, 6.45) is 0. The number of benzene rings is 2. The van der Waals surface area contributed by atoms with Gasteiger partial charge in [-0.2, -0.15) is 0 Å². The van der Waals surface area contributed by atoms with E-state index in [1.165, 1.54) is 11.8 Å². The van der Waals surface area contributed by atoms with E-state index in [1.807, 2.05) is 49.4 Å². The van der Waals surface area contributed by atoms with Gasteiger partial charge in [-0.1, -0.05) is 45.9 Å². The molecule has 0 unspecified atom stereocenters. The van der Waals surface area contributed by atoms with Gasteiger partial charge in [-0.15, -0.1) is 0 Å². The molecule has 0 atom stereocenters. The summed E-state index contributed by atoms with van der Waals surface area (Å²) in [6.45, 7) is 3.49. The summed E-state index contributed by atoms with van der Waals surface area (Å²) in [6, 6.07) is 13.5. The van der Waals surface area contributed by atoms with Crippen molar-refractivity contribution in [3.8, 4) is 5.75 Å². The van der Waals surface area contributed by atoms with Crippen LogP contribution in [0.3, 0.4) is 0 Å². The van der Waals surface area contributed by atoms with E-state index in [2.05, 4.69) is 15.9 Å². The van der Waals surface area contributed by atoms with Gasteiger partial charge >= 0.3 is 0 Å². The summed E-state index contributed by atoms with van der Waals surface area (Å²) < 4.78 is 13.4. The van der Waals surface area contributed by atoms with E-state index < -0.39 is 0 Å². The Kier molecular flexibility index (Phi) is 6.93. The van der Waals surface area contributed by atoms with E-state index in [0.29, 0.717) is 41.6 Å². The van der Waals surface area contributed by atoms with Crippen molar-refractivity contribution in [1.29, 1.82) is 0 Å². The Bertz CT molecular complexity index is 991. The summed E-state index contributed by atoms with van der Waals surface area (Å²) >= 11 is 4.95. The second kappa shape index (κ2) is 9.39. The molecule has 0 aliphatic carbocycles. The number of hydrogen-bond donors (Lipinski definition) is 0. The van der Waals surface area contributed by atoms with Gasteiger partial charge in [0.2, 0.25) is 0 Å². The summed E-state index contributed by atoms with van der Waals surface area (Å²) in [5.41, 5.74) is 1.71. The molecule has 7 heteroatoms. The second-order valence-electron chi connectivity index (χ2n) is 5.83. The third-order valence-corrected chi connectivity index (χ3v) is 5.55. The highest BCUT2D eigenvalue weighted by molar-refractivity contribution is 9.10. The molecule has 1 aromatic heterocycles. The molecule has 0 amide bonds. The summed E-state index contributed by atoms with van der Waals surface area (Å²) in [7, 11) is 1.63. The van der Waals surface area contributed by atoms with Gasteiger partial charge in [-0.05, 0) is 31.2 Å². The Hall–Kier alpha value is -1.83. The van der Waals surface area contributed by atoms with Crippen molar-refractivity contribution < 1.29 is 9.47 Å². The zero-order valence-corrected chi connectivity index (χ0v) is 17.7. The Morgan fingerprint density at radius 1 is 1.22 bits per heavy atom. The number of nitrogens with zero attached hydrogens (tertiary/aromatic N) is 2.